The SMILES string of the molecule is CCC1CCC(NCc2cnc3cc(C)nn3c2)C1C. The second kappa shape index (κ2) is 5.52. The van der Waals surface area contributed by atoms with Crippen LogP contribution < -0.4 is 5.32 Å². The van der Waals surface area contributed by atoms with Crippen molar-refractivity contribution in [2.24, 2.45) is 11.8 Å². The Kier molecular flexibility index (Phi) is 3.74. The Bertz CT molecular complexity index is 589. The molecule has 0 aromatic carbocycles. The molecule has 0 radical (unpaired) electrons. The molecule has 1 aliphatic carbocycles. The second-order valence-electron chi connectivity index (χ2n) is 6.14. The van der Waals surface area contributed by atoms with Gasteiger partial charge >= 0.3 is 0 Å². The molecule has 20 heavy (non-hydrogen) atoms. The first kappa shape index (κ1) is 13.6. The Balaban J connectivity index is 1.65. The van der Waals surface area contributed by atoms with Crippen molar-refractivity contribution in [3.05, 3.63) is 29.7 Å². The van der Waals surface area contributed by atoms with E-state index < -0.39 is 0 Å². The Morgan fingerprint density at radius 2 is 2.25 bits per heavy atom. The number of aromatic nitrogens is 3. The van der Waals surface area contributed by atoms with Crippen LogP contribution in [-0.2, 0) is 6.54 Å². The van der Waals surface area contributed by atoms with E-state index in [-0.39, 0.29) is 0 Å². The minimum atomic E-state index is 0.648. The van der Waals surface area contributed by atoms with Gasteiger partial charge in [0.1, 0.15) is 0 Å². The largest absolute Gasteiger partial charge is 0.310 e. The lowest BCUT2D eigenvalue weighted by molar-refractivity contribution is 0.344. The number of nitrogens with zero attached hydrogens (tertiary/aromatic N) is 3. The van der Waals surface area contributed by atoms with Crippen LogP contribution >= 0.6 is 0 Å². The summed E-state index contributed by atoms with van der Waals surface area (Å²) in [5, 5.41) is 8.12. The van der Waals surface area contributed by atoms with Gasteiger partial charge in [0, 0.05) is 36.6 Å². The van der Waals surface area contributed by atoms with Crippen molar-refractivity contribution in [1.82, 2.24) is 19.9 Å². The molecule has 4 heteroatoms. The molecule has 2 aromatic heterocycles. The normalized spacial score (nSPS) is 26.4. The standard InChI is InChI=1S/C16H24N4/c1-4-14-5-6-15(12(14)3)17-8-13-9-18-16-7-11(2)19-20(16)10-13/h7,9-10,12,14-15,17H,4-6,8H2,1-3H3. The van der Waals surface area contributed by atoms with Crippen LogP contribution in [0.2, 0.25) is 0 Å². The van der Waals surface area contributed by atoms with E-state index in [4.69, 9.17) is 0 Å². The van der Waals surface area contributed by atoms with Crippen molar-refractivity contribution >= 4 is 5.65 Å². The van der Waals surface area contributed by atoms with E-state index in [0.29, 0.717) is 6.04 Å². The highest BCUT2D eigenvalue weighted by molar-refractivity contribution is 5.38. The Morgan fingerprint density at radius 1 is 1.40 bits per heavy atom. The van der Waals surface area contributed by atoms with Crippen LogP contribution in [0.15, 0.2) is 18.5 Å². The minimum Gasteiger partial charge on any atom is -0.310 e. The van der Waals surface area contributed by atoms with Gasteiger partial charge < -0.3 is 5.32 Å². The van der Waals surface area contributed by atoms with E-state index in [9.17, 15) is 0 Å². The molecule has 3 rings (SSSR count). The van der Waals surface area contributed by atoms with Crippen LogP contribution in [0.4, 0.5) is 0 Å². The molecule has 1 saturated carbocycles. The number of aryl methyl sites for hydroxylation is 1. The third kappa shape index (κ3) is 2.57. The number of fused-ring (bicyclic) bond motifs is 1. The summed E-state index contributed by atoms with van der Waals surface area (Å²) in [5.41, 5.74) is 3.14. The first-order chi connectivity index (χ1) is 9.67. The van der Waals surface area contributed by atoms with Crippen molar-refractivity contribution in [1.29, 1.82) is 0 Å². The molecule has 4 nitrogen and oxygen atoms in total. The lowest BCUT2D eigenvalue weighted by Gasteiger charge is -2.21. The molecule has 0 bridgehead atoms. The van der Waals surface area contributed by atoms with Gasteiger partial charge in [0.15, 0.2) is 5.65 Å². The van der Waals surface area contributed by atoms with Gasteiger partial charge in [-0.15, -0.1) is 0 Å². The maximum atomic E-state index is 4.46. The van der Waals surface area contributed by atoms with E-state index in [1.807, 2.05) is 23.7 Å². The molecule has 0 aliphatic heterocycles. The molecule has 0 saturated heterocycles. The fraction of sp³-hybridized carbons (Fsp3) is 0.625. The van der Waals surface area contributed by atoms with Gasteiger partial charge in [-0.05, 0) is 31.6 Å². The minimum absolute atomic E-state index is 0.648. The van der Waals surface area contributed by atoms with Crippen LogP contribution in [0.3, 0.4) is 0 Å². The molecule has 1 fully saturated rings. The summed E-state index contributed by atoms with van der Waals surface area (Å²) in [4.78, 5) is 4.46. The van der Waals surface area contributed by atoms with Crippen LogP contribution in [0.5, 0.6) is 0 Å². The monoisotopic (exact) mass is 272 g/mol. The first-order valence-electron chi connectivity index (χ1n) is 7.71. The molecule has 0 spiro atoms. The van der Waals surface area contributed by atoms with E-state index in [2.05, 4.69) is 35.4 Å². The summed E-state index contributed by atoms with van der Waals surface area (Å²) in [6.45, 7) is 7.57. The molecule has 3 unspecified atom stereocenters. The predicted molar refractivity (Wildman–Crippen MR) is 80.5 cm³/mol. The molecule has 2 aromatic rings. The summed E-state index contributed by atoms with van der Waals surface area (Å²) >= 11 is 0. The van der Waals surface area contributed by atoms with Crippen molar-refractivity contribution in [3.63, 3.8) is 0 Å². The lowest BCUT2D eigenvalue weighted by atomic mass is 9.93. The van der Waals surface area contributed by atoms with E-state index in [0.717, 1.165) is 29.7 Å². The maximum absolute atomic E-state index is 4.46. The van der Waals surface area contributed by atoms with Gasteiger partial charge in [-0.3, -0.25) is 0 Å². The van der Waals surface area contributed by atoms with Crippen molar-refractivity contribution in [3.8, 4) is 0 Å². The second-order valence-corrected chi connectivity index (χ2v) is 6.14. The third-order valence-electron chi connectivity index (χ3n) is 4.81. The average Bonchev–Trinajstić information content (AvgIpc) is 2.97. The van der Waals surface area contributed by atoms with E-state index in [1.54, 1.807) is 0 Å². The summed E-state index contributed by atoms with van der Waals surface area (Å²) < 4.78 is 1.87. The molecular formula is C16H24N4. The van der Waals surface area contributed by atoms with Gasteiger partial charge in [0.05, 0.1) is 5.69 Å². The summed E-state index contributed by atoms with van der Waals surface area (Å²) in [6, 6.07) is 2.65. The predicted octanol–water partition coefficient (Wildman–Crippen LogP) is 2.95. The van der Waals surface area contributed by atoms with Crippen LogP contribution in [0.25, 0.3) is 5.65 Å². The summed E-state index contributed by atoms with van der Waals surface area (Å²) in [6.07, 6.45) is 8.01. The molecule has 1 aliphatic rings. The van der Waals surface area contributed by atoms with Crippen LogP contribution in [-0.4, -0.2) is 20.6 Å². The zero-order valence-electron chi connectivity index (χ0n) is 12.6. The summed E-state index contributed by atoms with van der Waals surface area (Å²) in [7, 11) is 0. The molecule has 0 amide bonds. The third-order valence-corrected chi connectivity index (χ3v) is 4.81. The topological polar surface area (TPSA) is 42.2 Å². The molecule has 108 valence electrons. The van der Waals surface area contributed by atoms with Gasteiger partial charge in [0.2, 0.25) is 0 Å². The number of hydrogen-bond donors (Lipinski definition) is 1. The zero-order valence-corrected chi connectivity index (χ0v) is 12.6. The fourth-order valence-corrected chi connectivity index (χ4v) is 3.49. The highest BCUT2D eigenvalue weighted by atomic mass is 15.2. The zero-order chi connectivity index (χ0) is 14.1. The fourth-order valence-electron chi connectivity index (χ4n) is 3.49. The molecular weight excluding hydrogens is 248 g/mol. The Labute approximate surface area is 120 Å². The summed E-state index contributed by atoms with van der Waals surface area (Å²) in [5.74, 6) is 1.67. The van der Waals surface area contributed by atoms with Gasteiger partial charge in [0.25, 0.3) is 0 Å². The van der Waals surface area contributed by atoms with E-state index in [1.165, 1.54) is 24.8 Å². The quantitative estimate of drug-likeness (QED) is 0.930. The van der Waals surface area contributed by atoms with Gasteiger partial charge in [-0.1, -0.05) is 20.3 Å². The Morgan fingerprint density at radius 3 is 3.00 bits per heavy atom. The van der Waals surface area contributed by atoms with E-state index >= 15 is 0 Å². The number of nitrogens with one attached hydrogen (secondary N) is 1. The Hall–Kier alpha value is -1.42. The molecule has 3 atom stereocenters. The first-order valence-corrected chi connectivity index (χ1v) is 7.71. The van der Waals surface area contributed by atoms with Gasteiger partial charge in [-0.25, -0.2) is 9.50 Å². The smallest absolute Gasteiger partial charge is 0.155 e. The number of rotatable bonds is 4. The van der Waals surface area contributed by atoms with Crippen LogP contribution in [0.1, 0.15) is 44.4 Å². The maximum Gasteiger partial charge on any atom is 0.155 e. The highest BCUT2D eigenvalue weighted by Crippen LogP contribution is 2.33. The van der Waals surface area contributed by atoms with Gasteiger partial charge in [-0.2, -0.15) is 5.10 Å². The molecule has 2 heterocycles. The molecule has 1 N–H and O–H groups in total. The van der Waals surface area contributed by atoms with Crippen LogP contribution in [0, 0.1) is 18.8 Å². The van der Waals surface area contributed by atoms with Crippen molar-refractivity contribution in [2.45, 2.75) is 52.6 Å². The van der Waals surface area contributed by atoms with Crippen molar-refractivity contribution < 1.29 is 0 Å². The lowest BCUT2D eigenvalue weighted by Crippen LogP contribution is -2.32. The highest BCUT2D eigenvalue weighted by Gasteiger charge is 2.30. The van der Waals surface area contributed by atoms with Crippen molar-refractivity contribution in [2.75, 3.05) is 0 Å². The number of hydrogen-bond acceptors (Lipinski definition) is 3. The average molecular weight is 272 g/mol.